The number of ether oxygens (including phenoxy) is 1. The Bertz CT molecular complexity index is 1310. The van der Waals surface area contributed by atoms with Crippen LogP contribution in [0.25, 0.3) is 5.69 Å². The third-order valence-electron chi connectivity index (χ3n) is 6.81. The van der Waals surface area contributed by atoms with Gasteiger partial charge in [0.1, 0.15) is 11.4 Å². The fourth-order valence-corrected chi connectivity index (χ4v) is 4.82. The maximum absolute atomic E-state index is 13.2. The molecule has 10 heteroatoms. The zero-order chi connectivity index (χ0) is 24.9. The lowest BCUT2D eigenvalue weighted by molar-refractivity contribution is -0.137. The van der Waals surface area contributed by atoms with E-state index < -0.39 is 11.7 Å². The molecule has 7 nitrogen and oxygen atoms in total. The topological polar surface area (TPSA) is 69.4 Å². The van der Waals surface area contributed by atoms with Crippen LogP contribution >= 0.6 is 0 Å². The Hall–Kier alpha value is -3.40. The number of hydrogen-bond donors (Lipinski definition) is 0. The van der Waals surface area contributed by atoms with Crippen molar-refractivity contribution in [3.05, 3.63) is 81.8 Å². The fraction of sp³-hybridized carbons (Fsp3) is 0.400. The molecule has 2 aliphatic rings. The fourth-order valence-electron chi connectivity index (χ4n) is 4.82. The molecule has 0 saturated carbocycles. The van der Waals surface area contributed by atoms with Gasteiger partial charge in [0, 0.05) is 25.8 Å². The van der Waals surface area contributed by atoms with Crippen molar-refractivity contribution in [3.8, 4) is 5.69 Å². The summed E-state index contributed by atoms with van der Waals surface area (Å²) >= 11 is 0. The minimum Gasteiger partial charge on any atom is -0.368 e. The van der Waals surface area contributed by atoms with Gasteiger partial charge in [0.2, 0.25) is 0 Å². The van der Waals surface area contributed by atoms with Crippen molar-refractivity contribution in [1.82, 2.24) is 19.0 Å². The van der Waals surface area contributed by atoms with Gasteiger partial charge in [-0.15, -0.1) is 0 Å². The molecule has 4 heterocycles. The van der Waals surface area contributed by atoms with Gasteiger partial charge >= 0.3 is 6.18 Å². The number of carbonyl (C=O) groups excluding carboxylic acids is 1. The minimum atomic E-state index is -4.38. The molecule has 0 bridgehead atoms. The summed E-state index contributed by atoms with van der Waals surface area (Å²) in [6, 6.07) is 8.33. The van der Waals surface area contributed by atoms with Crippen LogP contribution in [0.3, 0.4) is 0 Å². The lowest BCUT2D eigenvalue weighted by Crippen LogP contribution is -2.48. The smallest absolute Gasteiger partial charge is 0.368 e. The van der Waals surface area contributed by atoms with E-state index in [1.807, 2.05) is 13.8 Å². The second-order valence-electron chi connectivity index (χ2n) is 9.23. The quantitative estimate of drug-likeness (QED) is 0.560. The highest BCUT2D eigenvalue weighted by Crippen LogP contribution is 2.38. The molecule has 184 valence electrons. The Morgan fingerprint density at radius 3 is 2.49 bits per heavy atom. The number of imidazole rings is 1. The molecule has 1 aromatic carbocycles. The number of fused-ring (bicyclic) bond motifs is 1. The molecule has 0 aliphatic carbocycles. The summed E-state index contributed by atoms with van der Waals surface area (Å²) < 4.78 is 47.9. The van der Waals surface area contributed by atoms with Crippen LogP contribution < -0.4 is 5.56 Å². The van der Waals surface area contributed by atoms with Crippen LogP contribution in [0.15, 0.2) is 53.7 Å². The third-order valence-corrected chi connectivity index (χ3v) is 6.81. The molecule has 3 unspecified atom stereocenters. The van der Waals surface area contributed by atoms with E-state index in [2.05, 4.69) is 4.98 Å². The van der Waals surface area contributed by atoms with Gasteiger partial charge in [-0.1, -0.05) is 19.1 Å². The molecule has 0 radical (unpaired) electrons. The highest BCUT2D eigenvalue weighted by atomic mass is 19.4. The van der Waals surface area contributed by atoms with E-state index in [0.29, 0.717) is 43.0 Å². The maximum atomic E-state index is 13.2. The first-order valence-corrected chi connectivity index (χ1v) is 11.5. The molecule has 3 aromatic rings. The molecule has 1 fully saturated rings. The van der Waals surface area contributed by atoms with E-state index in [1.54, 1.807) is 34.1 Å². The van der Waals surface area contributed by atoms with Crippen LogP contribution in [-0.2, 0) is 17.5 Å². The summed E-state index contributed by atoms with van der Waals surface area (Å²) in [5.74, 6) is -0.124. The normalized spacial score (nSPS) is 22.5. The van der Waals surface area contributed by atoms with Crippen LogP contribution in [0, 0.1) is 12.8 Å². The number of aryl methyl sites for hydroxylation is 1. The molecule has 2 aromatic heterocycles. The minimum absolute atomic E-state index is 0.117. The molecule has 3 atom stereocenters. The SMILES string of the molecule is Cc1cn(-c2ccc3n(c2=O)CCN(CC2OC(c4ccc(C(F)(F)F)cc4)CC2C)C3=O)cn1. The van der Waals surface area contributed by atoms with Crippen molar-refractivity contribution in [3.63, 3.8) is 0 Å². The molecule has 1 saturated heterocycles. The first-order chi connectivity index (χ1) is 16.6. The van der Waals surface area contributed by atoms with E-state index in [0.717, 1.165) is 17.8 Å². The van der Waals surface area contributed by atoms with Gasteiger partial charge in [0.05, 0.1) is 29.8 Å². The monoisotopic (exact) mass is 486 g/mol. The maximum Gasteiger partial charge on any atom is 0.416 e. The van der Waals surface area contributed by atoms with Crippen LogP contribution in [0.5, 0.6) is 0 Å². The number of hydrogen-bond acceptors (Lipinski definition) is 4. The van der Waals surface area contributed by atoms with Crippen molar-refractivity contribution in [2.75, 3.05) is 13.1 Å². The number of nitrogens with zero attached hydrogens (tertiary/aromatic N) is 4. The molecule has 1 amide bonds. The first-order valence-electron chi connectivity index (χ1n) is 11.5. The van der Waals surface area contributed by atoms with E-state index in [-0.39, 0.29) is 29.6 Å². The van der Waals surface area contributed by atoms with Gasteiger partial charge in [0.15, 0.2) is 0 Å². The second kappa shape index (κ2) is 8.67. The number of benzene rings is 1. The van der Waals surface area contributed by atoms with E-state index in [1.165, 1.54) is 16.7 Å². The Balaban J connectivity index is 1.29. The number of aromatic nitrogens is 3. The number of halogens is 3. The van der Waals surface area contributed by atoms with Gasteiger partial charge in [-0.3, -0.25) is 9.59 Å². The number of amides is 1. The summed E-state index contributed by atoms with van der Waals surface area (Å²) in [7, 11) is 0. The van der Waals surface area contributed by atoms with Crippen LogP contribution in [0.4, 0.5) is 13.2 Å². The molecular formula is C25H25F3N4O3. The number of pyridine rings is 1. The predicted octanol–water partition coefficient (Wildman–Crippen LogP) is 3.98. The highest BCUT2D eigenvalue weighted by Gasteiger charge is 2.37. The third kappa shape index (κ3) is 4.38. The Morgan fingerprint density at radius 1 is 1.09 bits per heavy atom. The first kappa shape index (κ1) is 23.3. The summed E-state index contributed by atoms with van der Waals surface area (Å²) in [6.45, 7) is 4.94. The number of carbonyl (C=O) groups is 1. The standard InChI is InChI=1S/C25H25F3N4O3/c1-15-11-21(17-3-5-18(6-4-17)25(26,27)28)35-22(15)13-30-9-10-32-20(23(30)33)8-7-19(24(32)34)31-12-16(2)29-14-31/h3-8,12,14-15,21-22H,9-11,13H2,1-2H3. The number of alkyl halides is 3. The highest BCUT2D eigenvalue weighted by molar-refractivity contribution is 5.93. The summed E-state index contributed by atoms with van der Waals surface area (Å²) in [5.41, 5.74) is 1.30. The van der Waals surface area contributed by atoms with Crippen molar-refractivity contribution in [2.24, 2.45) is 5.92 Å². The molecule has 2 aliphatic heterocycles. The summed E-state index contributed by atoms with van der Waals surface area (Å²) in [6.07, 6.45) is -0.974. The molecule has 0 N–H and O–H groups in total. The Kier molecular flexibility index (Phi) is 5.79. The summed E-state index contributed by atoms with van der Waals surface area (Å²) in [4.78, 5) is 32.0. The molecule has 35 heavy (non-hydrogen) atoms. The van der Waals surface area contributed by atoms with Crippen molar-refractivity contribution >= 4 is 5.91 Å². The number of rotatable bonds is 4. The average Bonchev–Trinajstić information content (AvgIpc) is 3.41. The van der Waals surface area contributed by atoms with E-state index >= 15 is 0 Å². The van der Waals surface area contributed by atoms with Gasteiger partial charge in [-0.25, -0.2) is 4.98 Å². The van der Waals surface area contributed by atoms with Gasteiger partial charge in [-0.2, -0.15) is 13.2 Å². The van der Waals surface area contributed by atoms with Crippen molar-refractivity contribution < 1.29 is 22.7 Å². The van der Waals surface area contributed by atoms with Gasteiger partial charge in [0.25, 0.3) is 11.5 Å². The van der Waals surface area contributed by atoms with Crippen LogP contribution in [0.1, 0.15) is 46.8 Å². The predicted molar refractivity (Wildman–Crippen MR) is 121 cm³/mol. The van der Waals surface area contributed by atoms with Crippen molar-refractivity contribution in [2.45, 2.75) is 45.2 Å². The van der Waals surface area contributed by atoms with Crippen molar-refractivity contribution in [1.29, 1.82) is 0 Å². The zero-order valence-corrected chi connectivity index (χ0v) is 19.3. The second-order valence-corrected chi connectivity index (χ2v) is 9.23. The lowest BCUT2D eigenvalue weighted by Gasteiger charge is -2.32. The van der Waals surface area contributed by atoms with Crippen LogP contribution in [0.2, 0.25) is 0 Å². The van der Waals surface area contributed by atoms with Gasteiger partial charge in [-0.05, 0) is 49.1 Å². The Morgan fingerprint density at radius 2 is 1.83 bits per heavy atom. The Labute approximate surface area is 199 Å². The molecule has 0 spiro atoms. The lowest BCUT2D eigenvalue weighted by atomic mass is 9.97. The zero-order valence-electron chi connectivity index (χ0n) is 19.3. The summed E-state index contributed by atoms with van der Waals surface area (Å²) in [5, 5.41) is 0. The largest absolute Gasteiger partial charge is 0.416 e. The van der Waals surface area contributed by atoms with E-state index in [9.17, 15) is 22.8 Å². The van der Waals surface area contributed by atoms with Crippen LogP contribution in [-0.4, -0.2) is 44.1 Å². The molecule has 5 rings (SSSR count). The average molecular weight is 486 g/mol. The molecular weight excluding hydrogens is 461 g/mol. The van der Waals surface area contributed by atoms with E-state index in [4.69, 9.17) is 4.74 Å². The van der Waals surface area contributed by atoms with Gasteiger partial charge < -0.3 is 18.8 Å².